The van der Waals surface area contributed by atoms with Gasteiger partial charge in [0.2, 0.25) is 0 Å². The molecule has 0 radical (unpaired) electrons. The maximum absolute atomic E-state index is 5.90. The van der Waals surface area contributed by atoms with Crippen LogP contribution >= 0.6 is 22.9 Å². The smallest absolute Gasteiger partial charge is 0.0515 e. The predicted octanol–water partition coefficient (Wildman–Crippen LogP) is 3.10. The molecule has 72 valence electrons. The van der Waals surface area contributed by atoms with E-state index in [0.717, 1.165) is 11.6 Å². The highest BCUT2D eigenvalue weighted by Gasteiger charge is 2.57. The van der Waals surface area contributed by atoms with Gasteiger partial charge in [0.25, 0.3) is 0 Å². The molecule has 1 saturated carbocycles. The molecule has 2 rings (SSSR count). The van der Waals surface area contributed by atoms with Gasteiger partial charge >= 0.3 is 0 Å². The summed E-state index contributed by atoms with van der Waals surface area (Å²) in [5, 5.41) is 2.86. The highest BCUT2D eigenvalue weighted by molar-refractivity contribution is 7.10. The number of hydrogen-bond donors (Lipinski definition) is 1. The summed E-state index contributed by atoms with van der Waals surface area (Å²) in [7, 11) is 0. The zero-order valence-corrected chi connectivity index (χ0v) is 9.45. The summed E-state index contributed by atoms with van der Waals surface area (Å²) < 4.78 is 0. The van der Waals surface area contributed by atoms with Gasteiger partial charge in [-0.05, 0) is 23.9 Å². The van der Waals surface area contributed by atoms with Crippen LogP contribution < -0.4 is 5.73 Å². The van der Waals surface area contributed by atoms with E-state index < -0.39 is 0 Å². The molecule has 2 N–H and O–H groups in total. The third-order valence-electron chi connectivity index (χ3n) is 3.20. The zero-order valence-electron chi connectivity index (χ0n) is 7.88. The van der Waals surface area contributed by atoms with Crippen molar-refractivity contribution in [2.75, 3.05) is 6.54 Å². The van der Waals surface area contributed by atoms with Gasteiger partial charge in [-0.15, -0.1) is 11.3 Å². The van der Waals surface area contributed by atoms with Gasteiger partial charge in [-0.25, -0.2) is 0 Å². The van der Waals surface area contributed by atoms with Crippen molar-refractivity contribution in [3.8, 4) is 0 Å². The fraction of sp³-hybridized carbons (Fsp3) is 0.600. The Morgan fingerprint density at radius 3 is 2.69 bits per heavy atom. The molecule has 1 aromatic heterocycles. The maximum Gasteiger partial charge on any atom is 0.0515 e. The van der Waals surface area contributed by atoms with Gasteiger partial charge in [0.15, 0.2) is 0 Å². The van der Waals surface area contributed by atoms with Crippen molar-refractivity contribution in [2.24, 2.45) is 17.1 Å². The van der Waals surface area contributed by atoms with Crippen molar-refractivity contribution < 1.29 is 0 Å². The van der Waals surface area contributed by atoms with Crippen molar-refractivity contribution >= 4 is 22.9 Å². The molecule has 3 heteroatoms. The second-order valence-electron chi connectivity index (χ2n) is 4.31. The average Bonchev–Trinajstić information content (AvgIpc) is 2.41. The standard InChI is InChI=1S/C10H14ClNS/c1-10(2)7(4-12)9(10)8-3-6(11)5-13-8/h3,5,7,9H,4,12H2,1-2H3. The zero-order chi connectivity index (χ0) is 9.64. The summed E-state index contributed by atoms with van der Waals surface area (Å²) in [5.74, 6) is 1.28. The van der Waals surface area contributed by atoms with Crippen LogP contribution in [0, 0.1) is 11.3 Å². The van der Waals surface area contributed by atoms with Gasteiger partial charge < -0.3 is 5.73 Å². The third kappa shape index (κ3) is 1.41. The highest BCUT2D eigenvalue weighted by Crippen LogP contribution is 2.64. The highest BCUT2D eigenvalue weighted by atomic mass is 35.5. The number of hydrogen-bond acceptors (Lipinski definition) is 2. The van der Waals surface area contributed by atoms with Gasteiger partial charge in [-0.1, -0.05) is 25.4 Å². The summed E-state index contributed by atoms with van der Waals surface area (Å²) in [6.07, 6.45) is 0. The van der Waals surface area contributed by atoms with Gasteiger partial charge in [-0.2, -0.15) is 0 Å². The lowest BCUT2D eigenvalue weighted by molar-refractivity contribution is 0.559. The molecule has 0 bridgehead atoms. The van der Waals surface area contributed by atoms with Crippen LogP contribution in [0.4, 0.5) is 0 Å². The first kappa shape index (κ1) is 9.50. The lowest BCUT2D eigenvalue weighted by Crippen LogP contribution is -2.05. The number of halogens is 1. The van der Waals surface area contributed by atoms with E-state index in [2.05, 4.69) is 19.9 Å². The Morgan fingerprint density at radius 2 is 2.31 bits per heavy atom. The van der Waals surface area contributed by atoms with Crippen LogP contribution in [0.15, 0.2) is 11.4 Å². The van der Waals surface area contributed by atoms with E-state index in [1.165, 1.54) is 4.88 Å². The molecule has 0 aromatic carbocycles. The van der Waals surface area contributed by atoms with Crippen LogP contribution in [0.25, 0.3) is 0 Å². The van der Waals surface area contributed by atoms with E-state index in [4.69, 9.17) is 17.3 Å². The topological polar surface area (TPSA) is 26.0 Å². The van der Waals surface area contributed by atoms with Crippen molar-refractivity contribution in [1.29, 1.82) is 0 Å². The van der Waals surface area contributed by atoms with Crippen molar-refractivity contribution in [3.05, 3.63) is 21.3 Å². The van der Waals surface area contributed by atoms with Gasteiger partial charge in [0, 0.05) is 16.2 Å². The van der Waals surface area contributed by atoms with Crippen LogP contribution in [-0.4, -0.2) is 6.54 Å². The van der Waals surface area contributed by atoms with Crippen molar-refractivity contribution in [1.82, 2.24) is 0 Å². The van der Waals surface area contributed by atoms with E-state index in [1.54, 1.807) is 11.3 Å². The maximum atomic E-state index is 5.90. The molecule has 0 amide bonds. The molecule has 0 aliphatic heterocycles. The van der Waals surface area contributed by atoms with E-state index in [1.807, 2.05) is 5.38 Å². The molecule has 1 aliphatic carbocycles. The minimum absolute atomic E-state index is 0.378. The van der Waals surface area contributed by atoms with E-state index in [0.29, 0.717) is 17.3 Å². The molecule has 13 heavy (non-hydrogen) atoms. The molecule has 1 aliphatic rings. The molecule has 1 heterocycles. The summed E-state index contributed by atoms with van der Waals surface area (Å²) in [4.78, 5) is 1.39. The summed E-state index contributed by atoms with van der Waals surface area (Å²) in [5.41, 5.74) is 6.09. The second-order valence-corrected chi connectivity index (χ2v) is 5.69. The lowest BCUT2D eigenvalue weighted by Gasteiger charge is -1.98. The summed E-state index contributed by atoms with van der Waals surface area (Å²) in [6.45, 7) is 5.35. The molecular formula is C10H14ClNS. The molecule has 0 saturated heterocycles. The molecule has 2 unspecified atom stereocenters. The Labute approximate surface area is 87.9 Å². The Hall–Kier alpha value is -0.0500. The van der Waals surface area contributed by atoms with Crippen LogP contribution in [0.5, 0.6) is 0 Å². The third-order valence-corrected chi connectivity index (χ3v) is 4.56. The fourth-order valence-electron chi connectivity index (χ4n) is 2.24. The Morgan fingerprint density at radius 1 is 1.62 bits per heavy atom. The second kappa shape index (κ2) is 2.97. The average molecular weight is 216 g/mol. The van der Waals surface area contributed by atoms with E-state index >= 15 is 0 Å². The lowest BCUT2D eigenvalue weighted by atomic mass is 10.1. The normalized spacial score (nSPS) is 30.5. The Bertz CT molecular complexity index is 318. The molecule has 2 atom stereocenters. The van der Waals surface area contributed by atoms with Gasteiger partial charge in [0.05, 0.1) is 5.02 Å². The summed E-state index contributed by atoms with van der Waals surface area (Å²) in [6, 6.07) is 2.08. The first-order chi connectivity index (χ1) is 6.07. The van der Waals surface area contributed by atoms with Crippen LogP contribution in [-0.2, 0) is 0 Å². The van der Waals surface area contributed by atoms with E-state index in [-0.39, 0.29) is 0 Å². The number of rotatable bonds is 2. The Balaban J connectivity index is 2.21. The first-order valence-corrected chi connectivity index (χ1v) is 5.77. The fourth-order valence-corrected chi connectivity index (χ4v) is 3.68. The first-order valence-electron chi connectivity index (χ1n) is 4.51. The van der Waals surface area contributed by atoms with Gasteiger partial charge in [0.1, 0.15) is 0 Å². The minimum Gasteiger partial charge on any atom is -0.330 e. The van der Waals surface area contributed by atoms with E-state index in [9.17, 15) is 0 Å². The quantitative estimate of drug-likeness (QED) is 0.806. The van der Waals surface area contributed by atoms with Gasteiger partial charge in [-0.3, -0.25) is 0 Å². The van der Waals surface area contributed by atoms with Crippen LogP contribution in [0.3, 0.4) is 0 Å². The van der Waals surface area contributed by atoms with Crippen molar-refractivity contribution in [3.63, 3.8) is 0 Å². The Kier molecular flexibility index (Phi) is 2.17. The van der Waals surface area contributed by atoms with Crippen molar-refractivity contribution in [2.45, 2.75) is 19.8 Å². The van der Waals surface area contributed by atoms with Crippen LogP contribution in [0.1, 0.15) is 24.6 Å². The monoisotopic (exact) mass is 215 g/mol. The molecule has 1 fully saturated rings. The summed E-state index contributed by atoms with van der Waals surface area (Å²) >= 11 is 7.65. The number of thiophene rings is 1. The predicted molar refractivity (Wildman–Crippen MR) is 58.4 cm³/mol. The minimum atomic E-state index is 0.378. The number of nitrogens with two attached hydrogens (primary N) is 1. The van der Waals surface area contributed by atoms with Crippen LogP contribution in [0.2, 0.25) is 5.02 Å². The SMILES string of the molecule is CC1(C)C(CN)C1c1cc(Cl)cs1. The molecule has 0 spiro atoms. The molecular weight excluding hydrogens is 202 g/mol. The molecule has 1 aromatic rings. The molecule has 1 nitrogen and oxygen atoms in total. The largest absolute Gasteiger partial charge is 0.330 e.